The van der Waals surface area contributed by atoms with Crippen LogP contribution in [0.5, 0.6) is 0 Å². The van der Waals surface area contributed by atoms with Crippen molar-refractivity contribution in [2.45, 2.75) is 31.2 Å². The number of nitrogens with one attached hydrogen (secondary N) is 2. The van der Waals surface area contributed by atoms with E-state index in [0.717, 1.165) is 0 Å². The fourth-order valence-electron chi connectivity index (χ4n) is 2.73. The number of hydrogen-bond acceptors (Lipinski definition) is 7. The molecule has 0 saturated carbocycles. The van der Waals surface area contributed by atoms with Gasteiger partial charge in [0, 0.05) is 17.7 Å². The number of benzene rings is 1. The van der Waals surface area contributed by atoms with E-state index in [0.29, 0.717) is 11.4 Å². The second-order valence-electron chi connectivity index (χ2n) is 6.55. The lowest BCUT2D eigenvalue weighted by atomic mass is 10.2. The van der Waals surface area contributed by atoms with Crippen LogP contribution in [0.1, 0.15) is 31.9 Å². The van der Waals surface area contributed by atoms with Crippen LogP contribution in [0.3, 0.4) is 0 Å². The van der Waals surface area contributed by atoms with Crippen LogP contribution in [0.4, 0.5) is 5.82 Å². The standard InChI is InChI=1S/C18H21N5O5S/c1-12(2)23-15(7-10-20-23)21-16(24)11-28-17(25)8-9-19-18-13-5-3-4-6-14(13)29(26,27)22-18/h3-7,10,12H,8-9,11H2,1-2H3,(H,19,22)(H,21,24). The van der Waals surface area contributed by atoms with E-state index in [4.69, 9.17) is 4.74 Å². The van der Waals surface area contributed by atoms with E-state index in [1.54, 1.807) is 35.1 Å². The highest BCUT2D eigenvalue weighted by Gasteiger charge is 2.29. The van der Waals surface area contributed by atoms with Gasteiger partial charge in [0.1, 0.15) is 11.7 Å². The molecule has 10 nitrogen and oxygen atoms in total. The number of carbonyl (C=O) groups excluding carboxylic acids is 2. The molecule has 1 aliphatic heterocycles. The summed E-state index contributed by atoms with van der Waals surface area (Å²) >= 11 is 0. The molecule has 0 radical (unpaired) electrons. The van der Waals surface area contributed by atoms with Gasteiger partial charge in [0.05, 0.1) is 24.1 Å². The summed E-state index contributed by atoms with van der Waals surface area (Å²) in [6.07, 6.45) is 1.47. The zero-order valence-electron chi connectivity index (χ0n) is 16.0. The van der Waals surface area contributed by atoms with Crippen molar-refractivity contribution in [2.24, 2.45) is 4.99 Å². The number of ether oxygens (including phenoxy) is 1. The zero-order valence-corrected chi connectivity index (χ0v) is 16.8. The lowest BCUT2D eigenvalue weighted by Gasteiger charge is -2.11. The van der Waals surface area contributed by atoms with Crippen LogP contribution in [-0.2, 0) is 24.3 Å². The number of amides is 1. The third-order valence-electron chi connectivity index (χ3n) is 4.04. The van der Waals surface area contributed by atoms with Crippen LogP contribution in [0.15, 0.2) is 46.4 Å². The molecule has 11 heteroatoms. The Hall–Kier alpha value is -3.21. The number of fused-ring (bicyclic) bond motifs is 1. The molecule has 1 aromatic heterocycles. The Bertz CT molecular complexity index is 1060. The number of carbonyl (C=O) groups is 2. The van der Waals surface area contributed by atoms with Gasteiger partial charge in [-0.1, -0.05) is 12.1 Å². The van der Waals surface area contributed by atoms with E-state index in [2.05, 4.69) is 20.1 Å². The summed E-state index contributed by atoms with van der Waals surface area (Å²) in [7, 11) is -3.62. The number of rotatable bonds is 7. The average molecular weight is 419 g/mol. The van der Waals surface area contributed by atoms with Crippen molar-refractivity contribution in [1.82, 2.24) is 14.5 Å². The van der Waals surface area contributed by atoms with Crippen molar-refractivity contribution in [3.63, 3.8) is 0 Å². The number of aliphatic imine (C=N–C) groups is 1. The van der Waals surface area contributed by atoms with E-state index < -0.39 is 28.5 Å². The highest BCUT2D eigenvalue weighted by Crippen LogP contribution is 2.22. The first-order chi connectivity index (χ1) is 13.8. The van der Waals surface area contributed by atoms with Gasteiger partial charge in [-0.05, 0) is 26.0 Å². The van der Waals surface area contributed by atoms with Gasteiger partial charge < -0.3 is 10.1 Å². The third-order valence-corrected chi connectivity index (χ3v) is 5.44. The van der Waals surface area contributed by atoms with Gasteiger partial charge >= 0.3 is 5.97 Å². The molecule has 1 amide bonds. The molecular formula is C18H21N5O5S. The van der Waals surface area contributed by atoms with E-state index in [1.807, 2.05) is 13.8 Å². The molecule has 1 aliphatic rings. The Morgan fingerprint density at radius 1 is 1.28 bits per heavy atom. The van der Waals surface area contributed by atoms with Gasteiger partial charge in [0.25, 0.3) is 15.9 Å². The summed E-state index contributed by atoms with van der Waals surface area (Å²) in [5.74, 6) is -0.395. The number of esters is 1. The number of aromatic nitrogens is 2. The van der Waals surface area contributed by atoms with E-state index >= 15 is 0 Å². The number of amidine groups is 1. The predicted octanol–water partition coefficient (Wildman–Crippen LogP) is 1.07. The summed E-state index contributed by atoms with van der Waals surface area (Å²) in [6, 6.07) is 8.16. The summed E-state index contributed by atoms with van der Waals surface area (Å²) in [6.45, 7) is 3.43. The van der Waals surface area contributed by atoms with Crippen LogP contribution in [0.2, 0.25) is 0 Å². The SMILES string of the molecule is CC(C)n1nccc1NC(=O)COC(=O)CCN=C1NS(=O)(=O)c2ccccc21. The largest absolute Gasteiger partial charge is 0.456 e. The Morgan fingerprint density at radius 2 is 2.03 bits per heavy atom. The molecule has 29 heavy (non-hydrogen) atoms. The fraction of sp³-hybridized carbons (Fsp3) is 0.333. The molecule has 2 heterocycles. The molecular weight excluding hydrogens is 398 g/mol. The number of sulfonamides is 1. The molecule has 0 spiro atoms. The van der Waals surface area contributed by atoms with Gasteiger partial charge in [0.2, 0.25) is 0 Å². The number of anilines is 1. The topological polar surface area (TPSA) is 132 Å². The maximum absolute atomic E-state index is 12.0. The molecule has 154 valence electrons. The minimum Gasteiger partial charge on any atom is -0.456 e. The van der Waals surface area contributed by atoms with Crippen LogP contribution >= 0.6 is 0 Å². The first-order valence-corrected chi connectivity index (χ1v) is 10.4. The first kappa shape index (κ1) is 20.5. The smallest absolute Gasteiger partial charge is 0.308 e. The van der Waals surface area contributed by atoms with Crippen LogP contribution < -0.4 is 10.0 Å². The molecule has 0 bridgehead atoms. The lowest BCUT2D eigenvalue weighted by Crippen LogP contribution is -2.24. The molecule has 0 unspecified atom stereocenters. The second-order valence-corrected chi connectivity index (χ2v) is 8.20. The molecule has 0 saturated heterocycles. The van der Waals surface area contributed by atoms with Crippen molar-refractivity contribution in [2.75, 3.05) is 18.5 Å². The molecule has 2 aromatic rings. The predicted molar refractivity (Wildman–Crippen MR) is 105 cm³/mol. The minimum absolute atomic E-state index is 0.0206. The van der Waals surface area contributed by atoms with Gasteiger partial charge in [-0.15, -0.1) is 0 Å². The first-order valence-electron chi connectivity index (χ1n) is 8.93. The van der Waals surface area contributed by atoms with E-state index in [1.165, 1.54) is 6.07 Å². The number of nitrogens with zero attached hydrogens (tertiary/aromatic N) is 3. The molecule has 3 rings (SSSR count). The normalized spacial score (nSPS) is 15.8. The van der Waals surface area contributed by atoms with Crippen LogP contribution in [0, 0.1) is 0 Å². The Morgan fingerprint density at radius 3 is 2.79 bits per heavy atom. The van der Waals surface area contributed by atoms with Crippen LogP contribution in [0.25, 0.3) is 0 Å². The van der Waals surface area contributed by atoms with Gasteiger partial charge in [-0.25, -0.2) is 13.1 Å². The van der Waals surface area contributed by atoms with Crippen molar-refractivity contribution in [3.8, 4) is 0 Å². The Labute approximate surface area is 168 Å². The monoisotopic (exact) mass is 419 g/mol. The fourth-order valence-corrected chi connectivity index (χ4v) is 3.98. The highest BCUT2D eigenvalue weighted by molar-refractivity contribution is 7.90. The maximum Gasteiger partial charge on any atom is 0.308 e. The Kier molecular flexibility index (Phi) is 5.97. The second kappa shape index (κ2) is 8.43. The molecule has 2 N–H and O–H groups in total. The summed E-state index contributed by atoms with van der Waals surface area (Å²) in [4.78, 5) is 28.1. The zero-order chi connectivity index (χ0) is 21.0. The van der Waals surface area contributed by atoms with E-state index in [9.17, 15) is 18.0 Å². The van der Waals surface area contributed by atoms with Crippen molar-refractivity contribution < 1.29 is 22.7 Å². The summed E-state index contributed by atoms with van der Waals surface area (Å²) in [5, 5.41) is 6.73. The van der Waals surface area contributed by atoms with Gasteiger partial charge in [-0.2, -0.15) is 5.10 Å². The van der Waals surface area contributed by atoms with Crippen LogP contribution in [-0.4, -0.2) is 49.1 Å². The van der Waals surface area contributed by atoms with Crippen molar-refractivity contribution in [1.29, 1.82) is 0 Å². The minimum atomic E-state index is -3.62. The number of hydrogen-bond donors (Lipinski definition) is 2. The molecule has 0 aliphatic carbocycles. The van der Waals surface area contributed by atoms with Gasteiger partial charge in [-0.3, -0.25) is 19.3 Å². The summed E-state index contributed by atoms with van der Waals surface area (Å²) < 4.78 is 32.9. The maximum atomic E-state index is 12.0. The van der Waals surface area contributed by atoms with Crippen molar-refractivity contribution >= 4 is 33.6 Å². The van der Waals surface area contributed by atoms with Crippen molar-refractivity contribution in [3.05, 3.63) is 42.1 Å². The lowest BCUT2D eigenvalue weighted by molar-refractivity contribution is -0.147. The van der Waals surface area contributed by atoms with Gasteiger partial charge in [0.15, 0.2) is 6.61 Å². The summed E-state index contributed by atoms with van der Waals surface area (Å²) in [5.41, 5.74) is 0.460. The Balaban J connectivity index is 1.48. The quantitative estimate of drug-likeness (QED) is 0.646. The molecule has 0 atom stereocenters. The highest BCUT2D eigenvalue weighted by atomic mass is 32.2. The van der Waals surface area contributed by atoms with E-state index in [-0.39, 0.29) is 29.7 Å². The third kappa shape index (κ3) is 4.80. The molecule has 1 aromatic carbocycles. The average Bonchev–Trinajstić information content (AvgIpc) is 3.23. The molecule has 0 fully saturated rings.